The number of likely N-dealkylation sites (N-methyl/N-ethyl adjacent to an activating group) is 1. The zero-order valence-electron chi connectivity index (χ0n) is 13.3. The van der Waals surface area contributed by atoms with Crippen molar-refractivity contribution >= 4 is 15.9 Å². The SMILES string of the molecule is CNC(=O)C1CCCCN1S(=O)(=O)c1cnnn1-c1ccccc1. The molecule has 1 aromatic heterocycles. The number of rotatable bonds is 4. The van der Waals surface area contributed by atoms with Crippen molar-refractivity contribution in [1.29, 1.82) is 0 Å². The van der Waals surface area contributed by atoms with Gasteiger partial charge in [0, 0.05) is 13.6 Å². The zero-order valence-corrected chi connectivity index (χ0v) is 14.1. The molecule has 0 saturated carbocycles. The fourth-order valence-electron chi connectivity index (χ4n) is 2.89. The number of sulfonamides is 1. The number of benzene rings is 1. The summed E-state index contributed by atoms with van der Waals surface area (Å²) >= 11 is 0. The summed E-state index contributed by atoms with van der Waals surface area (Å²) < 4.78 is 28.8. The topological polar surface area (TPSA) is 97.2 Å². The van der Waals surface area contributed by atoms with Crippen LogP contribution in [0.1, 0.15) is 19.3 Å². The molecule has 24 heavy (non-hydrogen) atoms. The minimum atomic E-state index is -3.89. The normalized spacial score (nSPS) is 19.1. The van der Waals surface area contributed by atoms with Crippen LogP contribution in [0.15, 0.2) is 41.6 Å². The van der Waals surface area contributed by atoms with Crippen molar-refractivity contribution in [3.8, 4) is 5.69 Å². The standard InChI is InChI=1S/C15H19N5O3S/c1-16-15(21)13-9-5-6-10-19(13)24(22,23)14-11-17-18-20(14)12-7-3-2-4-8-12/h2-4,7-8,11,13H,5-6,9-10H2,1H3,(H,16,21). The van der Waals surface area contributed by atoms with Gasteiger partial charge in [-0.05, 0) is 25.0 Å². The Morgan fingerprint density at radius 3 is 2.71 bits per heavy atom. The number of carbonyl (C=O) groups excluding carboxylic acids is 1. The van der Waals surface area contributed by atoms with Crippen LogP contribution in [-0.4, -0.2) is 53.3 Å². The van der Waals surface area contributed by atoms with E-state index in [-0.39, 0.29) is 10.9 Å². The molecule has 1 aliphatic rings. The molecule has 1 aromatic carbocycles. The fourth-order valence-corrected chi connectivity index (χ4v) is 4.58. The van der Waals surface area contributed by atoms with Gasteiger partial charge in [-0.3, -0.25) is 4.79 Å². The quantitative estimate of drug-likeness (QED) is 0.870. The van der Waals surface area contributed by atoms with Crippen LogP contribution in [-0.2, 0) is 14.8 Å². The van der Waals surface area contributed by atoms with Gasteiger partial charge in [0.15, 0.2) is 5.03 Å². The number of hydrogen-bond acceptors (Lipinski definition) is 5. The molecule has 9 heteroatoms. The number of carbonyl (C=O) groups is 1. The molecular weight excluding hydrogens is 330 g/mol. The second-order valence-electron chi connectivity index (χ2n) is 5.56. The largest absolute Gasteiger partial charge is 0.358 e. The van der Waals surface area contributed by atoms with Crippen molar-refractivity contribution in [3.63, 3.8) is 0 Å². The second kappa shape index (κ2) is 6.70. The lowest BCUT2D eigenvalue weighted by Crippen LogP contribution is -2.51. The van der Waals surface area contributed by atoms with E-state index in [1.807, 2.05) is 6.07 Å². The van der Waals surface area contributed by atoms with E-state index in [4.69, 9.17) is 0 Å². The highest BCUT2D eigenvalue weighted by Crippen LogP contribution is 2.26. The average Bonchev–Trinajstić information content (AvgIpc) is 3.12. The van der Waals surface area contributed by atoms with Crippen molar-refractivity contribution < 1.29 is 13.2 Å². The Hall–Kier alpha value is -2.26. The molecule has 1 atom stereocenters. The highest BCUT2D eigenvalue weighted by molar-refractivity contribution is 7.89. The third kappa shape index (κ3) is 2.92. The van der Waals surface area contributed by atoms with E-state index in [9.17, 15) is 13.2 Å². The number of nitrogens with zero attached hydrogens (tertiary/aromatic N) is 4. The van der Waals surface area contributed by atoms with E-state index in [1.54, 1.807) is 24.3 Å². The van der Waals surface area contributed by atoms with Crippen molar-refractivity contribution in [2.45, 2.75) is 30.3 Å². The van der Waals surface area contributed by atoms with Gasteiger partial charge < -0.3 is 5.32 Å². The molecule has 2 aromatic rings. The van der Waals surface area contributed by atoms with Crippen molar-refractivity contribution in [2.75, 3.05) is 13.6 Å². The van der Waals surface area contributed by atoms with E-state index in [2.05, 4.69) is 15.6 Å². The summed E-state index contributed by atoms with van der Waals surface area (Å²) in [5.74, 6) is -0.294. The van der Waals surface area contributed by atoms with Crippen molar-refractivity contribution in [3.05, 3.63) is 36.5 Å². The molecule has 0 bridgehead atoms. The summed E-state index contributed by atoms with van der Waals surface area (Å²) in [6, 6.07) is 8.22. The van der Waals surface area contributed by atoms with Gasteiger partial charge in [0.2, 0.25) is 5.91 Å². The Labute approximate surface area is 140 Å². The lowest BCUT2D eigenvalue weighted by atomic mass is 10.0. The second-order valence-corrected chi connectivity index (χ2v) is 7.40. The molecule has 128 valence electrons. The monoisotopic (exact) mass is 349 g/mol. The van der Waals surface area contributed by atoms with E-state index < -0.39 is 16.1 Å². The van der Waals surface area contributed by atoms with Crippen LogP contribution in [0.4, 0.5) is 0 Å². The van der Waals surface area contributed by atoms with Gasteiger partial charge in [0.05, 0.1) is 11.9 Å². The molecule has 1 N–H and O–H groups in total. The maximum atomic E-state index is 13.1. The van der Waals surface area contributed by atoms with Gasteiger partial charge in [-0.25, -0.2) is 13.1 Å². The maximum absolute atomic E-state index is 13.1. The molecule has 0 radical (unpaired) electrons. The number of hydrogen-bond donors (Lipinski definition) is 1. The molecule has 1 fully saturated rings. The number of amides is 1. The predicted octanol–water partition coefficient (Wildman–Crippen LogP) is 0.556. The van der Waals surface area contributed by atoms with E-state index in [0.29, 0.717) is 18.7 Å². The van der Waals surface area contributed by atoms with E-state index in [0.717, 1.165) is 12.8 Å². The molecule has 2 heterocycles. The van der Waals surface area contributed by atoms with Crippen molar-refractivity contribution in [2.24, 2.45) is 0 Å². The Bertz CT molecular complexity index is 819. The Kier molecular flexibility index (Phi) is 4.63. The van der Waals surface area contributed by atoms with Crippen LogP contribution in [0.3, 0.4) is 0 Å². The van der Waals surface area contributed by atoms with Crippen molar-refractivity contribution in [1.82, 2.24) is 24.6 Å². The molecule has 0 spiro atoms. The molecule has 1 saturated heterocycles. The lowest BCUT2D eigenvalue weighted by molar-refractivity contribution is -0.125. The first-order chi connectivity index (χ1) is 11.6. The summed E-state index contributed by atoms with van der Waals surface area (Å²) in [4.78, 5) is 12.1. The average molecular weight is 349 g/mol. The fraction of sp³-hybridized carbons (Fsp3) is 0.400. The summed E-state index contributed by atoms with van der Waals surface area (Å²) in [6.45, 7) is 0.306. The van der Waals surface area contributed by atoms with Crippen LogP contribution in [0.25, 0.3) is 5.69 Å². The smallest absolute Gasteiger partial charge is 0.263 e. The van der Waals surface area contributed by atoms with Gasteiger partial charge in [-0.15, -0.1) is 5.10 Å². The third-order valence-corrected chi connectivity index (χ3v) is 5.96. The van der Waals surface area contributed by atoms with Gasteiger partial charge >= 0.3 is 0 Å². The molecule has 1 amide bonds. The van der Waals surface area contributed by atoms with Gasteiger partial charge in [0.1, 0.15) is 6.04 Å². The Morgan fingerprint density at radius 2 is 2.00 bits per heavy atom. The number of nitrogens with one attached hydrogen (secondary N) is 1. The zero-order chi connectivity index (χ0) is 17.2. The minimum Gasteiger partial charge on any atom is -0.358 e. The van der Waals surface area contributed by atoms with Crippen LogP contribution in [0, 0.1) is 0 Å². The molecule has 8 nitrogen and oxygen atoms in total. The lowest BCUT2D eigenvalue weighted by Gasteiger charge is -2.33. The maximum Gasteiger partial charge on any atom is 0.263 e. The Morgan fingerprint density at radius 1 is 1.25 bits per heavy atom. The van der Waals surface area contributed by atoms with Crippen LogP contribution in [0.2, 0.25) is 0 Å². The van der Waals surface area contributed by atoms with Crippen LogP contribution in [0.5, 0.6) is 0 Å². The third-order valence-electron chi connectivity index (χ3n) is 4.09. The minimum absolute atomic E-state index is 0.0375. The molecule has 0 aliphatic carbocycles. The predicted molar refractivity (Wildman–Crippen MR) is 87.0 cm³/mol. The van der Waals surface area contributed by atoms with Gasteiger partial charge in [-0.2, -0.15) is 4.31 Å². The number of piperidine rings is 1. The van der Waals surface area contributed by atoms with E-state index >= 15 is 0 Å². The Balaban J connectivity index is 2.02. The number of aromatic nitrogens is 3. The van der Waals surface area contributed by atoms with E-state index in [1.165, 1.54) is 22.2 Å². The summed E-state index contributed by atoms with van der Waals surface area (Å²) in [6.07, 6.45) is 3.27. The van der Waals surface area contributed by atoms with Crippen LogP contribution >= 0.6 is 0 Å². The van der Waals surface area contributed by atoms with Gasteiger partial charge in [0.25, 0.3) is 10.0 Å². The highest BCUT2D eigenvalue weighted by atomic mass is 32.2. The summed E-state index contributed by atoms with van der Waals surface area (Å²) in [5, 5.41) is 10.2. The molecule has 1 aliphatic heterocycles. The molecule has 3 rings (SSSR count). The molecule has 1 unspecified atom stereocenters. The summed E-state index contributed by atoms with van der Waals surface area (Å²) in [5.41, 5.74) is 0.599. The first kappa shape index (κ1) is 16.6. The summed E-state index contributed by atoms with van der Waals surface area (Å²) in [7, 11) is -2.38. The van der Waals surface area contributed by atoms with Crippen LogP contribution < -0.4 is 5.32 Å². The molecular formula is C15H19N5O3S. The first-order valence-electron chi connectivity index (χ1n) is 7.75. The number of para-hydroxylation sites is 1. The first-order valence-corrected chi connectivity index (χ1v) is 9.19. The highest BCUT2D eigenvalue weighted by Gasteiger charge is 2.39. The van der Waals surface area contributed by atoms with Gasteiger partial charge in [-0.1, -0.05) is 29.8 Å².